The molecule has 0 radical (unpaired) electrons. The van der Waals surface area contributed by atoms with Gasteiger partial charge in [-0.2, -0.15) is 0 Å². The summed E-state index contributed by atoms with van der Waals surface area (Å²) >= 11 is 1.60. The monoisotopic (exact) mass is 310 g/mol. The molecule has 0 spiro atoms. The van der Waals surface area contributed by atoms with E-state index in [-0.39, 0.29) is 0 Å². The predicted octanol–water partition coefficient (Wildman–Crippen LogP) is 3.31. The summed E-state index contributed by atoms with van der Waals surface area (Å²) in [6.07, 6.45) is 3.84. The molecule has 2 fully saturated rings. The van der Waals surface area contributed by atoms with Crippen LogP contribution in [0.2, 0.25) is 0 Å². The molecular weight excluding hydrogens is 292 g/mol. The van der Waals surface area contributed by atoms with Crippen LogP contribution >= 0.6 is 11.3 Å². The Morgan fingerprint density at radius 2 is 2.23 bits per heavy atom. The number of benzene rings is 1. The molecule has 4 nitrogen and oxygen atoms in total. The van der Waals surface area contributed by atoms with Crippen LogP contribution in [0, 0.1) is 5.41 Å². The summed E-state index contributed by atoms with van der Waals surface area (Å²) in [6.45, 7) is 1.21. The van der Waals surface area contributed by atoms with Crippen molar-refractivity contribution in [3.05, 3.63) is 46.2 Å². The summed E-state index contributed by atoms with van der Waals surface area (Å²) in [5.74, 6) is 0.483. The van der Waals surface area contributed by atoms with Crippen molar-refractivity contribution in [3.63, 3.8) is 0 Å². The fourth-order valence-corrected chi connectivity index (χ4v) is 4.79. The van der Waals surface area contributed by atoms with E-state index < -0.39 is 0 Å². The van der Waals surface area contributed by atoms with Crippen LogP contribution in [0.15, 0.2) is 35.7 Å². The second-order valence-corrected chi connectivity index (χ2v) is 7.26. The highest BCUT2D eigenvalue weighted by molar-refractivity contribution is 7.12. The van der Waals surface area contributed by atoms with Crippen LogP contribution in [-0.4, -0.2) is 29.5 Å². The standard InChI is InChI=1S/C17H18N4S/c18-17(16-4-2-8-22-16)19-12-5-6-13-11(9-12)10-15-14-3-1-7-20(14)21(13)15/h2,4-6,8-9,14-15H,1,3,7,10H2,(H2,18,19). The molecule has 0 bridgehead atoms. The van der Waals surface area contributed by atoms with E-state index >= 15 is 0 Å². The Hall–Kier alpha value is -1.85. The van der Waals surface area contributed by atoms with Crippen LogP contribution in [-0.2, 0) is 6.42 Å². The number of nitrogens with one attached hydrogen (secondary N) is 2. The molecule has 22 heavy (non-hydrogen) atoms. The van der Waals surface area contributed by atoms with Crippen molar-refractivity contribution < 1.29 is 0 Å². The minimum absolute atomic E-state index is 0.483. The highest BCUT2D eigenvalue weighted by Crippen LogP contribution is 2.47. The number of fused-ring (bicyclic) bond motifs is 6. The smallest absolute Gasteiger partial charge is 0.140 e. The number of anilines is 2. The van der Waals surface area contributed by atoms with Crippen molar-refractivity contribution in [1.82, 2.24) is 5.01 Å². The number of hydrogen-bond donors (Lipinski definition) is 2. The Bertz CT molecular complexity index is 739. The third kappa shape index (κ3) is 1.69. The number of thiophene rings is 1. The van der Waals surface area contributed by atoms with Crippen molar-refractivity contribution in [2.45, 2.75) is 31.3 Å². The van der Waals surface area contributed by atoms with Crippen molar-refractivity contribution >= 4 is 28.5 Å². The molecule has 3 aliphatic rings. The van der Waals surface area contributed by atoms with Gasteiger partial charge in [-0.3, -0.25) is 5.41 Å². The predicted molar refractivity (Wildman–Crippen MR) is 90.9 cm³/mol. The Kier molecular flexibility index (Phi) is 2.63. The largest absolute Gasteiger partial charge is 0.340 e. The second-order valence-electron chi connectivity index (χ2n) is 6.31. The average molecular weight is 310 g/mol. The van der Waals surface area contributed by atoms with E-state index in [1.807, 2.05) is 17.5 Å². The first-order valence-corrected chi connectivity index (χ1v) is 8.77. The number of amidine groups is 1. The van der Waals surface area contributed by atoms with E-state index in [1.165, 1.54) is 30.6 Å². The second kappa shape index (κ2) is 4.57. The van der Waals surface area contributed by atoms with Crippen molar-refractivity contribution in [3.8, 4) is 0 Å². The Balaban J connectivity index is 1.39. The normalized spacial score (nSPS) is 25.4. The maximum absolute atomic E-state index is 8.16. The van der Waals surface area contributed by atoms with Crippen LogP contribution in [0.3, 0.4) is 0 Å². The zero-order valence-corrected chi connectivity index (χ0v) is 13.1. The first-order chi connectivity index (χ1) is 10.8. The van der Waals surface area contributed by atoms with Gasteiger partial charge in [-0.15, -0.1) is 11.3 Å². The SMILES string of the molecule is N=C(Nc1ccc2c(c1)CC1C3CCCN3N21)c1cccs1. The van der Waals surface area contributed by atoms with Gasteiger partial charge in [0.1, 0.15) is 5.84 Å². The molecule has 3 aliphatic heterocycles. The molecule has 2 saturated heterocycles. The van der Waals surface area contributed by atoms with Gasteiger partial charge in [0.05, 0.1) is 22.6 Å². The van der Waals surface area contributed by atoms with Gasteiger partial charge in [-0.1, -0.05) is 6.07 Å². The van der Waals surface area contributed by atoms with Crippen LogP contribution in [0.5, 0.6) is 0 Å². The van der Waals surface area contributed by atoms with Gasteiger partial charge in [0.15, 0.2) is 0 Å². The zero-order chi connectivity index (χ0) is 14.7. The van der Waals surface area contributed by atoms with Gasteiger partial charge in [0.25, 0.3) is 0 Å². The lowest BCUT2D eigenvalue weighted by molar-refractivity contribution is 0.0821. The fourth-order valence-electron chi connectivity index (χ4n) is 4.16. The van der Waals surface area contributed by atoms with Crippen molar-refractivity contribution in [2.24, 2.45) is 0 Å². The Morgan fingerprint density at radius 1 is 1.27 bits per heavy atom. The van der Waals surface area contributed by atoms with Crippen LogP contribution in [0.1, 0.15) is 23.3 Å². The Morgan fingerprint density at radius 3 is 3.09 bits per heavy atom. The highest BCUT2D eigenvalue weighted by atomic mass is 32.1. The van der Waals surface area contributed by atoms with E-state index in [1.54, 1.807) is 11.3 Å². The van der Waals surface area contributed by atoms with Crippen LogP contribution in [0.25, 0.3) is 0 Å². The average Bonchev–Trinajstić information content (AvgIpc) is 3.21. The number of hydrazine groups is 1. The minimum Gasteiger partial charge on any atom is -0.340 e. The van der Waals surface area contributed by atoms with E-state index in [2.05, 4.69) is 33.5 Å². The molecule has 2 N–H and O–H groups in total. The molecule has 2 aromatic rings. The highest BCUT2D eigenvalue weighted by Gasteiger charge is 2.52. The van der Waals surface area contributed by atoms with Gasteiger partial charge in [0.2, 0.25) is 0 Å². The molecule has 4 heterocycles. The number of rotatable bonds is 2. The summed E-state index contributed by atoms with van der Waals surface area (Å²) in [5.41, 5.74) is 3.82. The number of nitrogens with zero attached hydrogens (tertiary/aromatic N) is 2. The lowest BCUT2D eigenvalue weighted by atomic mass is 9.99. The van der Waals surface area contributed by atoms with Crippen LogP contribution in [0.4, 0.5) is 11.4 Å². The molecule has 0 saturated carbocycles. The van der Waals surface area contributed by atoms with Gasteiger partial charge in [-0.25, -0.2) is 5.01 Å². The molecule has 0 aliphatic carbocycles. The molecule has 5 heteroatoms. The lowest BCUT2D eigenvalue weighted by Gasteiger charge is -2.52. The van der Waals surface area contributed by atoms with Gasteiger partial charge in [-0.05, 0) is 54.5 Å². The van der Waals surface area contributed by atoms with E-state index in [9.17, 15) is 0 Å². The summed E-state index contributed by atoms with van der Waals surface area (Å²) < 4.78 is 0. The van der Waals surface area contributed by atoms with Gasteiger partial charge >= 0.3 is 0 Å². The summed E-state index contributed by atoms with van der Waals surface area (Å²) in [4.78, 5) is 0.977. The third-order valence-electron chi connectivity index (χ3n) is 5.10. The van der Waals surface area contributed by atoms with Gasteiger partial charge in [0, 0.05) is 12.2 Å². The molecule has 1 aromatic carbocycles. The maximum atomic E-state index is 8.16. The van der Waals surface area contributed by atoms with Gasteiger partial charge < -0.3 is 10.3 Å². The van der Waals surface area contributed by atoms with E-state index in [0.717, 1.165) is 23.0 Å². The summed E-state index contributed by atoms with van der Waals surface area (Å²) in [7, 11) is 0. The van der Waals surface area contributed by atoms with E-state index in [4.69, 9.17) is 5.41 Å². The molecule has 2 unspecified atom stereocenters. The van der Waals surface area contributed by atoms with Crippen molar-refractivity contribution in [1.29, 1.82) is 5.41 Å². The Labute approximate surface area is 133 Å². The number of hydrogen-bond acceptors (Lipinski definition) is 4. The minimum atomic E-state index is 0.483. The van der Waals surface area contributed by atoms with Crippen LogP contribution < -0.4 is 10.3 Å². The van der Waals surface area contributed by atoms with Crippen molar-refractivity contribution in [2.75, 3.05) is 16.9 Å². The molecule has 2 atom stereocenters. The topological polar surface area (TPSA) is 42.4 Å². The fraction of sp³-hybridized carbons (Fsp3) is 0.353. The third-order valence-corrected chi connectivity index (χ3v) is 5.98. The lowest BCUT2D eigenvalue weighted by Crippen LogP contribution is -2.67. The quantitative estimate of drug-likeness (QED) is 0.660. The van der Waals surface area contributed by atoms with E-state index in [0.29, 0.717) is 11.9 Å². The molecule has 0 amide bonds. The molecule has 1 aromatic heterocycles. The first kappa shape index (κ1) is 12.7. The molecular formula is C17H18N4S. The summed E-state index contributed by atoms with van der Waals surface area (Å²) in [5, 5.41) is 18.4. The zero-order valence-electron chi connectivity index (χ0n) is 12.2. The maximum Gasteiger partial charge on any atom is 0.140 e. The molecule has 5 rings (SSSR count). The molecule has 112 valence electrons. The summed E-state index contributed by atoms with van der Waals surface area (Å²) in [6, 6.07) is 12.0. The first-order valence-electron chi connectivity index (χ1n) is 7.89.